The lowest BCUT2D eigenvalue weighted by Crippen LogP contribution is -2.02. The average Bonchev–Trinajstić information content (AvgIpc) is 3.16. The molecule has 0 bridgehead atoms. The van der Waals surface area contributed by atoms with Gasteiger partial charge < -0.3 is 5.11 Å². The molecule has 0 spiro atoms. The monoisotopic (exact) mass is 392 g/mol. The first-order valence-electron chi connectivity index (χ1n) is 7.78. The van der Waals surface area contributed by atoms with Gasteiger partial charge in [0.05, 0.1) is 16.1 Å². The largest absolute Gasteiger partial charge is 0.506 e. The number of hydrazone groups is 1. The molecular weight excluding hydrogens is 379 g/mol. The number of benzene rings is 1. The van der Waals surface area contributed by atoms with Crippen LogP contribution in [0.15, 0.2) is 23.6 Å². The van der Waals surface area contributed by atoms with Gasteiger partial charge in [-0.3, -0.25) is 5.43 Å². The number of halogens is 2. The van der Waals surface area contributed by atoms with Gasteiger partial charge in [0, 0.05) is 15.5 Å². The van der Waals surface area contributed by atoms with Crippen molar-refractivity contribution in [3.05, 3.63) is 44.5 Å². The lowest BCUT2D eigenvalue weighted by Gasteiger charge is -2.08. The summed E-state index contributed by atoms with van der Waals surface area (Å²) in [6, 6.07) is 3.12. The van der Waals surface area contributed by atoms with E-state index in [0.717, 1.165) is 23.1 Å². The summed E-state index contributed by atoms with van der Waals surface area (Å²) >= 11 is 13.7. The molecule has 2 heterocycles. The second-order valence-electron chi connectivity index (χ2n) is 5.85. The molecule has 0 amide bonds. The van der Waals surface area contributed by atoms with Crippen LogP contribution in [-0.2, 0) is 12.8 Å². The maximum atomic E-state index is 10.1. The van der Waals surface area contributed by atoms with E-state index in [1.54, 1.807) is 24.3 Å². The third-order valence-corrected chi connectivity index (χ3v) is 5.95. The Kier molecular flexibility index (Phi) is 4.27. The molecule has 8 heteroatoms. The van der Waals surface area contributed by atoms with Crippen LogP contribution in [0.1, 0.15) is 29.3 Å². The van der Waals surface area contributed by atoms with Crippen molar-refractivity contribution in [1.82, 2.24) is 9.97 Å². The molecule has 2 N–H and O–H groups in total. The predicted octanol–water partition coefficient (Wildman–Crippen LogP) is 5.03. The predicted molar refractivity (Wildman–Crippen MR) is 103 cm³/mol. The summed E-state index contributed by atoms with van der Waals surface area (Å²) in [5.74, 6) is 0.634. The fourth-order valence-electron chi connectivity index (χ4n) is 3.05. The molecule has 1 aromatic carbocycles. The Bertz CT molecular complexity index is 1020. The van der Waals surface area contributed by atoms with Crippen LogP contribution in [0.4, 0.5) is 5.82 Å². The maximum Gasteiger partial charge on any atom is 0.158 e. The number of hydrogen-bond acceptors (Lipinski definition) is 6. The molecule has 1 aliphatic carbocycles. The minimum Gasteiger partial charge on any atom is -0.506 e. The van der Waals surface area contributed by atoms with Gasteiger partial charge in [-0.1, -0.05) is 23.2 Å². The number of hydrogen-bond donors (Lipinski definition) is 2. The van der Waals surface area contributed by atoms with E-state index in [-0.39, 0.29) is 10.8 Å². The van der Waals surface area contributed by atoms with Crippen LogP contribution in [-0.4, -0.2) is 20.8 Å². The first kappa shape index (κ1) is 16.6. The highest BCUT2D eigenvalue weighted by atomic mass is 35.5. The van der Waals surface area contributed by atoms with Gasteiger partial charge in [0.25, 0.3) is 0 Å². The molecule has 3 aromatic rings. The number of nitrogens with one attached hydrogen (secondary N) is 1. The van der Waals surface area contributed by atoms with Gasteiger partial charge in [-0.05, 0) is 43.9 Å². The number of rotatable bonds is 3. The average molecular weight is 393 g/mol. The zero-order valence-electron chi connectivity index (χ0n) is 13.3. The van der Waals surface area contributed by atoms with Crippen LogP contribution in [0.2, 0.25) is 10.0 Å². The summed E-state index contributed by atoms with van der Waals surface area (Å²) in [4.78, 5) is 11.1. The summed E-state index contributed by atoms with van der Waals surface area (Å²) < 4.78 is 0. The lowest BCUT2D eigenvalue weighted by atomic mass is 10.1. The van der Waals surface area contributed by atoms with Crippen LogP contribution in [0.3, 0.4) is 0 Å². The minimum atomic E-state index is -0.0432. The first-order valence-corrected chi connectivity index (χ1v) is 9.35. The Labute approximate surface area is 158 Å². The molecule has 0 saturated carbocycles. The maximum absolute atomic E-state index is 10.1. The molecule has 2 aromatic heterocycles. The van der Waals surface area contributed by atoms with E-state index in [1.165, 1.54) is 29.3 Å². The summed E-state index contributed by atoms with van der Waals surface area (Å²) in [7, 11) is 0. The number of thiophene rings is 1. The standard InChI is InChI=1S/C17H14Cl2N4OS/c1-8(11-5-9(18)6-12(19)15(11)24)22-23-16-14-10-3-2-4-13(10)25-17(14)21-7-20-16/h5-7,24H,2-4H2,1H3,(H,20,21,23)/b22-8+. The molecule has 0 radical (unpaired) electrons. The van der Waals surface area contributed by atoms with E-state index < -0.39 is 0 Å². The molecule has 0 aliphatic heterocycles. The Morgan fingerprint density at radius 3 is 2.96 bits per heavy atom. The molecule has 0 unspecified atom stereocenters. The molecule has 25 heavy (non-hydrogen) atoms. The van der Waals surface area contributed by atoms with Crippen molar-refractivity contribution in [2.45, 2.75) is 26.2 Å². The molecular formula is C17H14Cl2N4OS. The fourth-order valence-corrected chi connectivity index (χ4v) is 4.77. The molecule has 5 nitrogen and oxygen atoms in total. The van der Waals surface area contributed by atoms with Gasteiger partial charge in [0.2, 0.25) is 0 Å². The van der Waals surface area contributed by atoms with E-state index >= 15 is 0 Å². The highest BCUT2D eigenvalue weighted by Gasteiger charge is 2.21. The lowest BCUT2D eigenvalue weighted by molar-refractivity contribution is 0.474. The van der Waals surface area contributed by atoms with Gasteiger partial charge in [0.1, 0.15) is 16.9 Å². The van der Waals surface area contributed by atoms with Gasteiger partial charge in [0.15, 0.2) is 5.82 Å². The van der Waals surface area contributed by atoms with Gasteiger partial charge in [-0.15, -0.1) is 11.3 Å². The van der Waals surface area contributed by atoms with E-state index in [1.807, 2.05) is 0 Å². The third kappa shape index (κ3) is 2.94. The molecule has 1 aliphatic rings. The summed E-state index contributed by atoms with van der Waals surface area (Å²) in [6.07, 6.45) is 4.86. The number of phenols is 1. The number of anilines is 1. The van der Waals surface area contributed by atoms with Crippen LogP contribution in [0, 0.1) is 0 Å². The molecule has 0 fully saturated rings. The van der Waals surface area contributed by atoms with Crippen molar-refractivity contribution in [1.29, 1.82) is 0 Å². The van der Waals surface area contributed by atoms with Crippen molar-refractivity contribution in [3.8, 4) is 5.75 Å². The number of aryl methyl sites for hydroxylation is 2. The number of nitrogens with zero attached hydrogens (tertiary/aromatic N) is 3. The van der Waals surface area contributed by atoms with Crippen molar-refractivity contribution in [2.24, 2.45) is 5.10 Å². The highest BCUT2D eigenvalue weighted by Crippen LogP contribution is 2.39. The summed E-state index contributed by atoms with van der Waals surface area (Å²) in [5.41, 5.74) is 5.37. The smallest absolute Gasteiger partial charge is 0.158 e. The summed E-state index contributed by atoms with van der Waals surface area (Å²) in [6.45, 7) is 1.77. The van der Waals surface area contributed by atoms with Gasteiger partial charge in [-0.2, -0.15) is 5.10 Å². The molecule has 128 valence electrons. The highest BCUT2D eigenvalue weighted by molar-refractivity contribution is 7.19. The quantitative estimate of drug-likeness (QED) is 0.484. The minimum absolute atomic E-state index is 0.0432. The molecule has 4 rings (SSSR count). The fraction of sp³-hybridized carbons (Fsp3) is 0.235. The Hall–Kier alpha value is -1.89. The van der Waals surface area contributed by atoms with Crippen molar-refractivity contribution in [3.63, 3.8) is 0 Å². The van der Waals surface area contributed by atoms with Gasteiger partial charge >= 0.3 is 0 Å². The second kappa shape index (κ2) is 6.44. The van der Waals surface area contributed by atoms with E-state index in [2.05, 4.69) is 20.5 Å². The Balaban J connectivity index is 1.72. The van der Waals surface area contributed by atoms with Crippen molar-refractivity contribution in [2.75, 3.05) is 5.43 Å². The van der Waals surface area contributed by atoms with Crippen molar-refractivity contribution < 1.29 is 5.11 Å². The number of aromatic hydroxyl groups is 1. The molecule has 0 saturated heterocycles. The summed E-state index contributed by atoms with van der Waals surface area (Å²) in [5, 5.41) is 16.2. The van der Waals surface area contributed by atoms with Crippen molar-refractivity contribution >= 4 is 56.3 Å². The normalized spacial score (nSPS) is 14.1. The topological polar surface area (TPSA) is 70.4 Å². The second-order valence-corrected chi connectivity index (χ2v) is 7.78. The number of fused-ring (bicyclic) bond motifs is 3. The third-order valence-electron chi connectivity index (χ3n) is 4.25. The number of aromatic nitrogens is 2. The Morgan fingerprint density at radius 2 is 2.12 bits per heavy atom. The van der Waals surface area contributed by atoms with E-state index in [0.29, 0.717) is 22.1 Å². The zero-order valence-corrected chi connectivity index (χ0v) is 15.6. The van der Waals surface area contributed by atoms with E-state index in [9.17, 15) is 5.11 Å². The molecule has 0 atom stereocenters. The zero-order chi connectivity index (χ0) is 17.6. The van der Waals surface area contributed by atoms with E-state index in [4.69, 9.17) is 23.2 Å². The SMILES string of the molecule is C/C(=N\Nc1ncnc2sc3c(c12)CCC3)c1cc(Cl)cc(Cl)c1O. The van der Waals surface area contributed by atoms with Gasteiger partial charge in [-0.25, -0.2) is 9.97 Å². The Morgan fingerprint density at radius 1 is 1.28 bits per heavy atom. The van der Waals surface area contributed by atoms with Crippen LogP contribution < -0.4 is 5.43 Å². The van der Waals surface area contributed by atoms with Crippen LogP contribution >= 0.6 is 34.5 Å². The first-order chi connectivity index (χ1) is 12.0. The number of phenolic OH excluding ortho intramolecular Hbond substituents is 1. The van der Waals surface area contributed by atoms with Crippen LogP contribution in [0.25, 0.3) is 10.2 Å². The van der Waals surface area contributed by atoms with Crippen LogP contribution in [0.5, 0.6) is 5.75 Å².